The maximum atomic E-state index is 12.9. The Bertz CT molecular complexity index is 1140. The van der Waals surface area contributed by atoms with Crippen LogP contribution in [-0.2, 0) is 21.4 Å². The van der Waals surface area contributed by atoms with Gasteiger partial charge in [-0.25, -0.2) is 13.2 Å². The highest BCUT2D eigenvalue weighted by Gasteiger charge is 2.32. The molecule has 1 amide bonds. The molecule has 1 fully saturated rings. The van der Waals surface area contributed by atoms with Crippen LogP contribution < -0.4 is 11.1 Å². The summed E-state index contributed by atoms with van der Waals surface area (Å²) in [5, 5.41) is 2.82. The molecule has 2 aromatic heterocycles. The van der Waals surface area contributed by atoms with Crippen LogP contribution in [0.15, 0.2) is 55.1 Å². The standard InChI is InChI=1S/C18H19N3O6S/c22-17(19-11-13-2-1-9-26-13)12-5-7-21(8-6-12)28(24,25)14-3-4-15-16(10-14)27-18(23)20-15/h1-4,9-10,12H,5-8,11H2,(H,19,22)(H,20,23). The van der Waals surface area contributed by atoms with Crippen LogP contribution in [0.5, 0.6) is 0 Å². The third kappa shape index (κ3) is 3.60. The number of hydrogen-bond acceptors (Lipinski definition) is 6. The van der Waals surface area contributed by atoms with Crippen molar-refractivity contribution in [2.75, 3.05) is 13.1 Å². The fourth-order valence-electron chi connectivity index (χ4n) is 3.33. The van der Waals surface area contributed by atoms with Gasteiger partial charge in [-0.1, -0.05) is 0 Å². The van der Waals surface area contributed by atoms with Gasteiger partial charge in [-0.2, -0.15) is 4.31 Å². The number of carbonyl (C=O) groups excluding carboxylic acids is 1. The van der Waals surface area contributed by atoms with Crippen LogP contribution in [-0.4, -0.2) is 36.7 Å². The Balaban J connectivity index is 1.40. The van der Waals surface area contributed by atoms with Crippen molar-refractivity contribution >= 4 is 27.0 Å². The van der Waals surface area contributed by atoms with Crippen molar-refractivity contribution in [1.29, 1.82) is 0 Å². The number of furan rings is 1. The summed E-state index contributed by atoms with van der Waals surface area (Å²) in [4.78, 5) is 26.1. The molecule has 2 N–H and O–H groups in total. The number of aromatic amines is 1. The summed E-state index contributed by atoms with van der Waals surface area (Å²) in [6, 6.07) is 7.80. The Morgan fingerprint density at radius 2 is 2.04 bits per heavy atom. The van der Waals surface area contributed by atoms with Gasteiger partial charge in [0.15, 0.2) is 5.58 Å². The molecule has 0 spiro atoms. The average molecular weight is 405 g/mol. The minimum absolute atomic E-state index is 0.0588. The first kappa shape index (κ1) is 18.5. The third-order valence-corrected chi connectivity index (χ3v) is 6.77. The predicted molar refractivity (Wildman–Crippen MR) is 98.9 cm³/mol. The largest absolute Gasteiger partial charge is 0.467 e. The Labute approximate surface area is 160 Å². The summed E-state index contributed by atoms with van der Waals surface area (Å²) in [6.07, 6.45) is 2.41. The van der Waals surface area contributed by atoms with E-state index in [1.54, 1.807) is 18.4 Å². The SMILES string of the molecule is O=C(NCc1ccco1)C1CCN(S(=O)(=O)c2ccc3[nH]c(=O)oc3c2)CC1. The van der Waals surface area contributed by atoms with E-state index in [9.17, 15) is 18.0 Å². The van der Waals surface area contributed by atoms with Crippen molar-refractivity contribution in [2.24, 2.45) is 5.92 Å². The van der Waals surface area contributed by atoms with Gasteiger partial charge in [0.1, 0.15) is 5.76 Å². The molecular weight excluding hydrogens is 386 g/mol. The number of H-pyrrole nitrogens is 1. The van der Waals surface area contributed by atoms with Crippen molar-refractivity contribution in [2.45, 2.75) is 24.3 Å². The van der Waals surface area contributed by atoms with Crippen LogP contribution >= 0.6 is 0 Å². The van der Waals surface area contributed by atoms with Crippen molar-refractivity contribution in [1.82, 2.24) is 14.6 Å². The Morgan fingerprint density at radius 1 is 1.25 bits per heavy atom. The van der Waals surface area contributed by atoms with E-state index in [0.717, 1.165) is 0 Å². The minimum atomic E-state index is -3.73. The fraction of sp³-hybridized carbons (Fsp3) is 0.333. The van der Waals surface area contributed by atoms with Gasteiger partial charge in [-0.3, -0.25) is 9.78 Å². The number of carbonyl (C=O) groups is 1. The Kier molecular flexibility index (Phi) is 4.82. The molecule has 9 nitrogen and oxygen atoms in total. The van der Waals surface area contributed by atoms with Crippen molar-refractivity contribution in [3.05, 3.63) is 52.9 Å². The molecule has 10 heteroatoms. The summed E-state index contributed by atoms with van der Waals surface area (Å²) >= 11 is 0. The normalized spacial score (nSPS) is 16.4. The number of hydrogen-bond donors (Lipinski definition) is 2. The number of sulfonamides is 1. The number of oxazole rings is 1. The molecule has 3 aromatic rings. The van der Waals surface area contributed by atoms with E-state index in [1.165, 1.54) is 22.5 Å². The number of fused-ring (bicyclic) bond motifs is 1. The summed E-state index contributed by atoms with van der Waals surface area (Å²) in [6.45, 7) is 0.804. The van der Waals surface area contributed by atoms with Crippen LogP contribution in [0, 0.1) is 5.92 Å². The van der Waals surface area contributed by atoms with Crippen LogP contribution in [0.25, 0.3) is 11.1 Å². The molecule has 0 unspecified atom stereocenters. The van der Waals surface area contributed by atoms with Gasteiger partial charge in [0.25, 0.3) is 0 Å². The zero-order valence-corrected chi connectivity index (χ0v) is 15.7. The molecule has 0 aliphatic carbocycles. The molecule has 0 atom stereocenters. The summed E-state index contributed by atoms with van der Waals surface area (Å²) < 4.78 is 37.2. The van der Waals surface area contributed by atoms with E-state index in [-0.39, 0.29) is 35.4 Å². The topological polar surface area (TPSA) is 126 Å². The number of aromatic nitrogens is 1. The number of rotatable bonds is 5. The lowest BCUT2D eigenvalue weighted by molar-refractivity contribution is -0.126. The highest BCUT2D eigenvalue weighted by atomic mass is 32.2. The Hall–Kier alpha value is -2.85. The van der Waals surface area contributed by atoms with Crippen LogP contribution in [0.3, 0.4) is 0 Å². The highest BCUT2D eigenvalue weighted by Crippen LogP contribution is 2.25. The second-order valence-corrected chi connectivity index (χ2v) is 8.59. The molecule has 0 radical (unpaired) electrons. The molecule has 1 saturated heterocycles. The van der Waals surface area contributed by atoms with E-state index in [1.807, 2.05) is 0 Å². The van der Waals surface area contributed by atoms with Gasteiger partial charge < -0.3 is 14.2 Å². The average Bonchev–Trinajstić information content (AvgIpc) is 3.34. The van der Waals surface area contributed by atoms with Gasteiger partial charge >= 0.3 is 5.76 Å². The van der Waals surface area contributed by atoms with Gasteiger partial charge in [0.2, 0.25) is 15.9 Å². The predicted octanol–water partition coefficient (Wildman–Crippen LogP) is 1.43. The maximum absolute atomic E-state index is 12.9. The molecule has 1 aromatic carbocycles. The number of amides is 1. The number of nitrogens with one attached hydrogen (secondary N) is 2. The molecule has 1 aliphatic rings. The number of benzene rings is 1. The molecule has 148 valence electrons. The lowest BCUT2D eigenvalue weighted by atomic mass is 9.97. The quantitative estimate of drug-likeness (QED) is 0.661. The maximum Gasteiger partial charge on any atom is 0.417 e. The van der Waals surface area contributed by atoms with Gasteiger partial charge in [0.05, 0.1) is 23.2 Å². The third-order valence-electron chi connectivity index (χ3n) is 4.87. The minimum Gasteiger partial charge on any atom is -0.467 e. The first-order chi connectivity index (χ1) is 13.4. The molecule has 1 aliphatic heterocycles. The molecule has 28 heavy (non-hydrogen) atoms. The second-order valence-electron chi connectivity index (χ2n) is 6.65. The zero-order chi connectivity index (χ0) is 19.7. The monoisotopic (exact) mass is 405 g/mol. The van der Waals surface area contributed by atoms with Crippen LogP contribution in [0.2, 0.25) is 0 Å². The van der Waals surface area contributed by atoms with E-state index >= 15 is 0 Å². The summed E-state index contributed by atoms with van der Waals surface area (Å²) in [5.74, 6) is -0.318. The Morgan fingerprint density at radius 3 is 2.75 bits per heavy atom. The van der Waals surface area contributed by atoms with Crippen LogP contribution in [0.1, 0.15) is 18.6 Å². The molecular formula is C18H19N3O6S. The molecule has 3 heterocycles. The van der Waals surface area contributed by atoms with Gasteiger partial charge in [0, 0.05) is 25.1 Å². The van der Waals surface area contributed by atoms with E-state index in [4.69, 9.17) is 8.83 Å². The molecule has 0 bridgehead atoms. The van der Waals surface area contributed by atoms with Crippen LogP contribution in [0.4, 0.5) is 0 Å². The number of piperidine rings is 1. The first-order valence-electron chi connectivity index (χ1n) is 8.86. The first-order valence-corrected chi connectivity index (χ1v) is 10.3. The van der Waals surface area contributed by atoms with Gasteiger partial charge in [-0.05, 0) is 37.1 Å². The highest BCUT2D eigenvalue weighted by molar-refractivity contribution is 7.89. The summed E-state index contributed by atoms with van der Waals surface area (Å²) in [5.41, 5.74) is 0.633. The number of nitrogens with zero attached hydrogens (tertiary/aromatic N) is 1. The zero-order valence-electron chi connectivity index (χ0n) is 14.9. The van der Waals surface area contributed by atoms with E-state index in [2.05, 4.69) is 10.3 Å². The smallest absolute Gasteiger partial charge is 0.417 e. The van der Waals surface area contributed by atoms with Crippen molar-refractivity contribution < 1.29 is 22.0 Å². The molecule has 4 rings (SSSR count). The van der Waals surface area contributed by atoms with Gasteiger partial charge in [-0.15, -0.1) is 0 Å². The summed E-state index contributed by atoms with van der Waals surface area (Å²) in [7, 11) is -3.73. The van der Waals surface area contributed by atoms with E-state index in [0.29, 0.717) is 30.7 Å². The van der Waals surface area contributed by atoms with E-state index < -0.39 is 15.8 Å². The second kappa shape index (κ2) is 7.28. The fourth-order valence-corrected chi connectivity index (χ4v) is 4.81. The molecule has 0 saturated carbocycles. The van der Waals surface area contributed by atoms with Crippen molar-refractivity contribution in [3.8, 4) is 0 Å². The lowest BCUT2D eigenvalue weighted by Gasteiger charge is -2.30. The lowest BCUT2D eigenvalue weighted by Crippen LogP contribution is -2.42. The van der Waals surface area contributed by atoms with Crippen molar-refractivity contribution in [3.63, 3.8) is 0 Å².